The molecule has 1 N–H and O–H groups in total. The Morgan fingerprint density at radius 3 is 2.53 bits per heavy atom. The second-order valence-electron chi connectivity index (χ2n) is 7.66. The van der Waals surface area contributed by atoms with Gasteiger partial charge >= 0.3 is 5.97 Å². The fraction of sp³-hybridized carbons (Fsp3) is 0.250. The topological polar surface area (TPSA) is 92.8 Å². The second kappa shape index (κ2) is 10.0. The zero-order valence-corrected chi connectivity index (χ0v) is 20.0. The van der Waals surface area contributed by atoms with Crippen LogP contribution in [0.3, 0.4) is 0 Å². The molecule has 7 nitrogen and oxygen atoms in total. The highest BCUT2D eigenvalue weighted by Crippen LogP contribution is 2.36. The number of sulfonamides is 1. The maximum atomic E-state index is 13.3. The Morgan fingerprint density at radius 2 is 1.85 bits per heavy atom. The van der Waals surface area contributed by atoms with Crippen molar-refractivity contribution in [2.75, 3.05) is 18.5 Å². The zero-order valence-electron chi connectivity index (χ0n) is 18.4. The molecule has 2 heterocycles. The smallest absolute Gasteiger partial charge is 0.350 e. The second-order valence-corrected chi connectivity index (χ2v) is 10.6. The van der Waals surface area contributed by atoms with Gasteiger partial charge in [0.15, 0.2) is 0 Å². The monoisotopic (exact) mass is 502 g/mol. The SMILES string of the molecule is CCOC(=O)c1sc(-c2ccccc2)cc1NC(=O)C1CCCN1S(=O)(=O)c1ccc(F)cc1. The van der Waals surface area contributed by atoms with Gasteiger partial charge in [-0.15, -0.1) is 11.3 Å². The Bertz CT molecular complexity index is 1290. The molecule has 10 heteroatoms. The van der Waals surface area contributed by atoms with E-state index in [9.17, 15) is 22.4 Å². The van der Waals surface area contributed by atoms with Crippen LogP contribution >= 0.6 is 11.3 Å². The fourth-order valence-corrected chi connectivity index (χ4v) is 6.49. The van der Waals surface area contributed by atoms with Crippen LogP contribution in [0.1, 0.15) is 29.4 Å². The number of benzene rings is 2. The van der Waals surface area contributed by atoms with E-state index in [0.29, 0.717) is 12.8 Å². The molecule has 1 atom stereocenters. The van der Waals surface area contributed by atoms with E-state index in [1.807, 2.05) is 30.3 Å². The Hall–Kier alpha value is -3.08. The molecule has 1 aromatic heterocycles. The van der Waals surface area contributed by atoms with Crippen molar-refractivity contribution in [2.24, 2.45) is 0 Å². The molecule has 4 rings (SSSR count). The number of amides is 1. The molecule has 0 bridgehead atoms. The van der Waals surface area contributed by atoms with Crippen molar-refractivity contribution in [2.45, 2.75) is 30.7 Å². The van der Waals surface area contributed by atoms with Crippen molar-refractivity contribution in [1.82, 2.24) is 4.31 Å². The van der Waals surface area contributed by atoms with Crippen LogP contribution < -0.4 is 5.32 Å². The van der Waals surface area contributed by atoms with Gasteiger partial charge in [0, 0.05) is 11.4 Å². The number of nitrogens with zero attached hydrogens (tertiary/aromatic N) is 1. The van der Waals surface area contributed by atoms with Gasteiger partial charge in [-0.3, -0.25) is 4.79 Å². The van der Waals surface area contributed by atoms with Crippen LogP contribution in [-0.4, -0.2) is 43.8 Å². The predicted molar refractivity (Wildman–Crippen MR) is 128 cm³/mol. The standard InChI is InChI=1S/C24H23FN2O5S2/c1-2-32-24(29)22-19(15-21(33-22)16-7-4-3-5-8-16)26-23(28)20-9-6-14-27(20)34(30,31)18-12-10-17(25)11-13-18/h3-5,7-8,10-13,15,20H,2,6,9,14H2,1H3,(H,26,28). The molecule has 3 aromatic rings. The molecule has 0 aliphatic carbocycles. The number of carbonyl (C=O) groups excluding carboxylic acids is 2. The lowest BCUT2D eigenvalue weighted by Crippen LogP contribution is -2.43. The van der Waals surface area contributed by atoms with Crippen molar-refractivity contribution in [3.8, 4) is 10.4 Å². The maximum absolute atomic E-state index is 13.3. The van der Waals surface area contributed by atoms with Crippen LogP contribution in [0.4, 0.5) is 10.1 Å². The van der Waals surface area contributed by atoms with Crippen LogP contribution in [0.2, 0.25) is 0 Å². The van der Waals surface area contributed by atoms with Gasteiger partial charge in [-0.25, -0.2) is 17.6 Å². The van der Waals surface area contributed by atoms with Crippen LogP contribution in [0.25, 0.3) is 10.4 Å². The summed E-state index contributed by atoms with van der Waals surface area (Å²) in [6, 6.07) is 14.6. The molecule has 1 fully saturated rings. The molecule has 1 amide bonds. The molecule has 34 heavy (non-hydrogen) atoms. The number of nitrogens with one attached hydrogen (secondary N) is 1. The predicted octanol–water partition coefficient (Wildman–Crippen LogP) is 4.52. The summed E-state index contributed by atoms with van der Waals surface area (Å²) >= 11 is 1.19. The van der Waals surface area contributed by atoms with Crippen LogP contribution in [-0.2, 0) is 19.6 Å². The molecule has 2 aromatic carbocycles. The van der Waals surface area contributed by atoms with E-state index in [0.717, 1.165) is 26.9 Å². The number of ether oxygens (including phenoxy) is 1. The van der Waals surface area contributed by atoms with E-state index in [1.54, 1.807) is 13.0 Å². The minimum Gasteiger partial charge on any atom is -0.462 e. The molecule has 1 aliphatic heterocycles. The van der Waals surface area contributed by atoms with Crippen molar-refractivity contribution in [1.29, 1.82) is 0 Å². The van der Waals surface area contributed by atoms with Gasteiger partial charge in [-0.2, -0.15) is 4.31 Å². The van der Waals surface area contributed by atoms with Gasteiger partial charge in [0.05, 0.1) is 17.2 Å². The summed E-state index contributed by atoms with van der Waals surface area (Å²) in [5.74, 6) is -1.65. The molecule has 1 unspecified atom stereocenters. The molecule has 1 aliphatic rings. The first-order valence-corrected chi connectivity index (χ1v) is 13.0. The van der Waals surface area contributed by atoms with Gasteiger partial charge in [0.1, 0.15) is 16.7 Å². The normalized spacial score (nSPS) is 16.4. The number of anilines is 1. The van der Waals surface area contributed by atoms with Crippen molar-refractivity contribution in [3.63, 3.8) is 0 Å². The van der Waals surface area contributed by atoms with Crippen LogP contribution in [0, 0.1) is 5.82 Å². The van der Waals surface area contributed by atoms with Crippen molar-refractivity contribution >= 4 is 38.9 Å². The van der Waals surface area contributed by atoms with E-state index in [4.69, 9.17) is 4.74 Å². The highest BCUT2D eigenvalue weighted by Gasteiger charge is 2.40. The Kier molecular flexibility index (Phi) is 7.11. The number of rotatable bonds is 7. The highest BCUT2D eigenvalue weighted by molar-refractivity contribution is 7.89. The number of hydrogen-bond acceptors (Lipinski definition) is 6. The lowest BCUT2D eigenvalue weighted by atomic mass is 10.2. The summed E-state index contributed by atoms with van der Waals surface area (Å²) in [6.07, 6.45) is 0.832. The van der Waals surface area contributed by atoms with E-state index >= 15 is 0 Å². The van der Waals surface area contributed by atoms with E-state index < -0.39 is 33.8 Å². The number of hydrogen-bond donors (Lipinski definition) is 1. The third kappa shape index (κ3) is 4.89. The summed E-state index contributed by atoms with van der Waals surface area (Å²) in [5.41, 5.74) is 1.15. The summed E-state index contributed by atoms with van der Waals surface area (Å²) in [5, 5.41) is 2.75. The third-order valence-electron chi connectivity index (χ3n) is 5.44. The van der Waals surface area contributed by atoms with Gasteiger partial charge < -0.3 is 10.1 Å². The third-order valence-corrected chi connectivity index (χ3v) is 8.52. The molecular weight excluding hydrogens is 479 g/mol. The first-order chi connectivity index (χ1) is 16.3. The lowest BCUT2D eigenvalue weighted by Gasteiger charge is -2.23. The lowest BCUT2D eigenvalue weighted by molar-refractivity contribution is -0.119. The maximum Gasteiger partial charge on any atom is 0.350 e. The van der Waals surface area contributed by atoms with Gasteiger partial charge in [0.2, 0.25) is 15.9 Å². The molecule has 0 radical (unpaired) electrons. The Morgan fingerprint density at radius 1 is 1.15 bits per heavy atom. The highest BCUT2D eigenvalue weighted by atomic mass is 32.2. The number of carbonyl (C=O) groups is 2. The molecule has 0 spiro atoms. The van der Waals surface area contributed by atoms with Crippen molar-refractivity contribution in [3.05, 3.63) is 71.4 Å². The molecular formula is C24H23FN2O5S2. The van der Waals surface area contributed by atoms with Crippen LogP contribution in [0.5, 0.6) is 0 Å². The van der Waals surface area contributed by atoms with E-state index in [2.05, 4.69) is 5.32 Å². The number of esters is 1. The summed E-state index contributed by atoms with van der Waals surface area (Å²) < 4.78 is 45.8. The van der Waals surface area contributed by atoms with E-state index in [-0.39, 0.29) is 28.6 Å². The summed E-state index contributed by atoms with van der Waals surface area (Å²) in [7, 11) is -4.00. The molecule has 0 saturated carbocycles. The average molecular weight is 503 g/mol. The molecule has 178 valence electrons. The molecule has 1 saturated heterocycles. The van der Waals surface area contributed by atoms with Crippen LogP contribution in [0.15, 0.2) is 65.6 Å². The van der Waals surface area contributed by atoms with E-state index in [1.165, 1.54) is 23.5 Å². The minimum absolute atomic E-state index is 0.0808. The summed E-state index contributed by atoms with van der Waals surface area (Å²) in [6.45, 7) is 2.04. The minimum atomic E-state index is -4.00. The average Bonchev–Trinajstić information content (AvgIpc) is 3.48. The van der Waals surface area contributed by atoms with Gasteiger partial charge in [0.25, 0.3) is 0 Å². The fourth-order valence-electron chi connectivity index (χ4n) is 3.82. The Balaban J connectivity index is 1.61. The summed E-state index contributed by atoms with van der Waals surface area (Å²) in [4.78, 5) is 26.7. The van der Waals surface area contributed by atoms with Gasteiger partial charge in [-0.1, -0.05) is 30.3 Å². The zero-order chi connectivity index (χ0) is 24.3. The van der Waals surface area contributed by atoms with Gasteiger partial charge in [-0.05, 0) is 55.7 Å². The largest absolute Gasteiger partial charge is 0.462 e. The number of halogens is 1. The first-order valence-electron chi connectivity index (χ1n) is 10.8. The van der Waals surface area contributed by atoms with Crippen molar-refractivity contribution < 1.29 is 27.1 Å². The number of thiophene rings is 1. The Labute approximate surface area is 201 Å². The quantitative estimate of drug-likeness (QED) is 0.480. The first kappa shape index (κ1) is 24.1.